The molecular weight excluding hydrogens is 259 g/mol. The molecule has 0 saturated heterocycles. The lowest BCUT2D eigenvalue weighted by atomic mass is 10.1. The van der Waals surface area contributed by atoms with Gasteiger partial charge >= 0.3 is 0 Å². The van der Waals surface area contributed by atoms with Crippen LogP contribution in [0.4, 0.5) is 10.1 Å². The average molecular weight is 282 g/mol. The highest BCUT2D eigenvalue weighted by atomic mass is 19.1. The van der Waals surface area contributed by atoms with Crippen LogP contribution in [0.5, 0.6) is 0 Å². The van der Waals surface area contributed by atoms with Gasteiger partial charge in [-0.15, -0.1) is 0 Å². The van der Waals surface area contributed by atoms with E-state index in [2.05, 4.69) is 5.32 Å². The molecule has 5 heteroatoms. The Morgan fingerprint density at radius 1 is 1.50 bits per heavy atom. The van der Waals surface area contributed by atoms with Gasteiger partial charge in [0.1, 0.15) is 5.82 Å². The molecule has 1 aliphatic rings. The molecule has 1 unspecified atom stereocenters. The highest BCUT2D eigenvalue weighted by Crippen LogP contribution is 2.25. The maximum absolute atomic E-state index is 14.0. The molecule has 1 atom stereocenters. The predicted octanol–water partition coefficient (Wildman–Crippen LogP) is 1.52. The Morgan fingerprint density at radius 2 is 2.25 bits per heavy atom. The third kappa shape index (κ3) is 4.16. The van der Waals surface area contributed by atoms with Crippen molar-refractivity contribution in [3.63, 3.8) is 0 Å². The molecule has 0 spiro atoms. The number of likely N-dealkylation sites (N-methyl/N-ethyl adjacent to an activating group) is 1. The number of aliphatic hydroxyl groups is 1. The molecule has 0 aliphatic heterocycles. The number of halogens is 1. The summed E-state index contributed by atoms with van der Waals surface area (Å²) < 4.78 is 18.9. The second kappa shape index (κ2) is 7.02. The average Bonchev–Trinajstić information content (AvgIpc) is 3.21. The van der Waals surface area contributed by atoms with Crippen LogP contribution < -0.4 is 10.2 Å². The lowest BCUT2D eigenvalue weighted by Gasteiger charge is -2.25. The van der Waals surface area contributed by atoms with E-state index in [-0.39, 0.29) is 12.4 Å². The number of aliphatic hydroxyl groups excluding tert-OH is 1. The van der Waals surface area contributed by atoms with Gasteiger partial charge in [-0.2, -0.15) is 0 Å². The van der Waals surface area contributed by atoms with Gasteiger partial charge in [0, 0.05) is 44.5 Å². The molecule has 0 aromatic heterocycles. The first-order valence-corrected chi connectivity index (χ1v) is 7.00. The van der Waals surface area contributed by atoms with Crippen molar-refractivity contribution in [2.24, 2.45) is 0 Å². The van der Waals surface area contributed by atoms with E-state index in [0.717, 1.165) is 5.69 Å². The predicted molar refractivity (Wildman–Crippen MR) is 77.4 cm³/mol. The number of anilines is 1. The number of rotatable bonds is 8. The molecule has 0 radical (unpaired) electrons. The van der Waals surface area contributed by atoms with Gasteiger partial charge in [-0.25, -0.2) is 4.39 Å². The molecule has 4 nitrogen and oxygen atoms in total. The molecule has 0 bridgehead atoms. The Morgan fingerprint density at radius 3 is 2.90 bits per heavy atom. The summed E-state index contributed by atoms with van der Waals surface area (Å²) in [7, 11) is 3.41. The summed E-state index contributed by atoms with van der Waals surface area (Å²) in [6.07, 6.45) is 1.76. The minimum absolute atomic E-state index is 0.205. The first kappa shape index (κ1) is 15.2. The molecule has 20 heavy (non-hydrogen) atoms. The number of methoxy groups -OCH3 is 1. The van der Waals surface area contributed by atoms with Crippen molar-refractivity contribution in [2.75, 3.05) is 32.2 Å². The topological polar surface area (TPSA) is 44.7 Å². The lowest BCUT2D eigenvalue weighted by molar-refractivity contribution is 0.0695. The monoisotopic (exact) mass is 282 g/mol. The number of nitrogens with zero attached hydrogens (tertiary/aromatic N) is 1. The number of nitrogens with one attached hydrogen (secondary N) is 1. The Hall–Kier alpha value is -1.17. The third-order valence-electron chi connectivity index (χ3n) is 3.49. The van der Waals surface area contributed by atoms with Crippen molar-refractivity contribution in [1.29, 1.82) is 0 Å². The van der Waals surface area contributed by atoms with Gasteiger partial charge < -0.3 is 20.1 Å². The fraction of sp³-hybridized carbons (Fsp3) is 0.600. The van der Waals surface area contributed by atoms with Crippen LogP contribution in [0.15, 0.2) is 18.2 Å². The van der Waals surface area contributed by atoms with E-state index in [0.29, 0.717) is 24.7 Å². The van der Waals surface area contributed by atoms with E-state index in [1.807, 2.05) is 18.0 Å². The van der Waals surface area contributed by atoms with Crippen molar-refractivity contribution in [3.05, 3.63) is 29.6 Å². The maximum atomic E-state index is 14.0. The fourth-order valence-electron chi connectivity index (χ4n) is 2.27. The van der Waals surface area contributed by atoms with Gasteiger partial charge in [0.25, 0.3) is 0 Å². The van der Waals surface area contributed by atoms with E-state index in [9.17, 15) is 9.50 Å². The van der Waals surface area contributed by atoms with Crippen molar-refractivity contribution in [1.82, 2.24) is 5.32 Å². The second-order valence-corrected chi connectivity index (χ2v) is 5.38. The number of benzene rings is 1. The highest BCUT2D eigenvalue weighted by molar-refractivity contribution is 5.53. The summed E-state index contributed by atoms with van der Waals surface area (Å²) in [5.74, 6) is -0.205. The van der Waals surface area contributed by atoms with E-state index in [1.165, 1.54) is 18.9 Å². The van der Waals surface area contributed by atoms with E-state index in [4.69, 9.17) is 4.74 Å². The quantitative estimate of drug-likeness (QED) is 0.759. The normalized spacial score (nSPS) is 16.2. The van der Waals surface area contributed by atoms with E-state index >= 15 is 0 Å². The molecule has 1 fully saturated rings. The zero-order chi connectivity index (χ0) is 14.5. The largest absolute Gasteiger partial charge is 0.389 e. The van der Waals surface area contributed by atoms with Gasteiger partial charge in [-0.05, 0) is 25.0 Å². The molecule has 0 amide bonds. The Balaban J connectivity index is 2.05. The SMILES string of the molecule is COCC(O)CN(C)c1cccc(F)c1CNC1CC1. The molecule has 1 aromatic rings. The van der Waals surface area contributed by atoms with Gasteiger partial charge in [0.05, 0.1) is 12.7 Å². The summed E-state index contributed by atoms with van der Waals surface area (Å²) >= 11 is 0. The molecule has 1 aromatic carbocycles. The number of hydrogen-bond acceptors (Lipinski definition) is 4. The fourth-order valence-corrected chi connectivity index (χ4v) is 2.27. The highest BCUT2D eigenvalue weighted by Gasteiger charge is 2.22. The van der Waals surface area contributed by atoms with Crippen molar-refractivity contribution in [3.8, 4) is 0 Å². The van der Waals surface area contributed by atoms with Crippen molar-refractivity contribution >= 4 is 5.69 Å². The molecular formula is C15H23FN2O2. The van der Waals surface area contributed by atoms with Crippen LogP contribution in [0, 0.1) is 5.82 Å². The molecule has 2 rings (SSSR count). The van der Waals surface area contributed by atoms with Gasteiger partial charge in [0.15, 0.2) is 0 Å². The van der Waals surface area contributed by atoms with Crippen LogP contribution in [0.3, 0.4) is 0 Å². The van der Waals surface area contributed by atoms with Crippen LogP contribution >= 0.6 is 0 Å². The third-order valence-corrected chi connectivity index (χ3v) is 3.49. The zero-order valence-electron chi connectivity index (χ0n) is 12.1. The van der Waals surface area contributed by atoms with Crippen LogP contribution in [-0.4, -0.2) is 44.6 Å². The summed E-state index contributed by atoms with van der Waals surface area (Å²) in [5.41, 5.74) is 1.47. The number of ether oxygens (including phenoxy) is 1. The van der Waals surface area contributed by atoms with Gasteiger partial charge in [-0.3, -0.25) is 0 Å². The minimum Gasteiger partial charge on any atom is -0.389 e. The molecule has 2 N–H and O–H groups in total. The van der Waals surface area contributed by atoms with Crippen LogP contribution in [0.2, 0.25) is 0 Å². The van der Waals surface area contributed by atoms with Gasteiger partial charge in [-0.1, -0.05) is 6.07 Å². The molecule has 112 valence electrons. The van der Waals surface area contributed by atoms with Gasteiger partial charge in [0.2, 0.25) is 0 Å². The second-order valence-electron chi connectivity index (χ2n) is 5.38. The summed E-state index contributed by atoms with van der Waals surface area (Å²) in [5, 5.41) is 13.1. The Bertz CT molecular complexity index is 438. The first-order chi connectivity index (χ1) is 9.61. The van der Waals surface area contributed by atoms with Crippen LogP contribution in [-0.2, 0) is 11.3 Å². The molecule has 0 heterocycles. The standard InChI is InChI=1S/C15H23FN2O2/c1-18(9-12(19)10-20-2)15-5-3-4-14(16)13(15)8-17-11-6-7-11/h3-5,11-12,17,19H,6-10H2,1-2H3. The zero-order valence-corrected chi connectivity index (χ0v) is 12.1. The summed E-state index contributed by atoms with van der Waals surface area (Å²) in [4.78, 5) is 1.87. The van der Waals surface area contributed by atoms with Crippen molar-refractivity contribution in [2.45, 2.75) is 31.5 Å². The first-order valence-electron chi connectivity index (χ1n) is 7.00. The Kier molecular flexibility index (Phi) is 5.34. The smallest absolute Gasteiger partial charge is 0.129 e. The van der Waals surface area contributed by atoms with Crippen LogP contribution in [0.25, 0.3) is 0 Å². The van der Waals surface area contributed by atoms with E-state index < -0.39 is 6.10 Å². The molecule has 1 saturated carbocycles. The van der Waals surface area contributed by atoms with Crippen molar-refractivity contribution < 1.29 is 14.2 Å². The van der Waals surface area contributed by atoms with Crippen LogP contribution in [0.1, 0.15) is 18.4 Å². The summed E-state index contributed by atoms with van der Waals surface area (Å²) in [6.45, 7) is 1.21. The minimum atomic E-state index is -0.586. The van der Waals surface area contributed by atoms with E-state index in [1.54, 1.807) is 13.2 Å². The summed E-state index contributed by atoms with van der Waals surface area (Å²) in [6, 6.07) is 5.59. The number of hydrogen-bond donors (Lipinski definition) is 2. The molecule has 1 aliphatic carbocycles. The Labute approximate surface area is 119 Å². The maximum Gasteiger partial charge on any atom is 0.129 e. The lowest BCUT2D eigenvalue weighted by Crippen LogP contribution is -2.33.